The summed E-state index contributed by atoms with van der Waals surface area (Å²) < 4.78 is 11.8. The normalized spacial score (nSPS) is 16.3. The van der Waals surface area contributed by atoms with Gasteiger partial charge in [-0.2, -0.15) is 0 Å². The number of ketones is 1. The second-order valence-corrected chi connectivity index (χ2v) is 12.1. The molecule has 0 bridgehead atoms. The van der Waals surface area contributed by atoms with Gasteiger partial charge in [-0.3, -0.25) is 9.59 Å². The Labute approximate surface area is 260 Å². The van der Waals surface area contributed by atoms with Crippen LogP contribution in [0.1, 0.15) is 114 Å². The number of methoxy groups -OCH3 is 2. The second kappa shape index (κ2) is 18.0. The molecular weight excluding hydrogens is 594 g/mol. The number of carbonyl (C=O) groups excluding carboxylic acids is 2. The Morgan fingerprint density at radius 2 is 1.29 bits per heavy atom. The van der Waals surface area contributed by atoms with E-state index in [1.165, 1.54) is 70.6 Å². The van der Waals surface area contributed by atoms with Crippen LogP contribution in [0, 0.1) is 0 Å². The van der Waals surface area contributed by atoms with Crippen molar-refractivity contribution in [3.05, 3.63) is 63.6 Å². The molecule has 1 aliphatic rings. The Morgan fingerprint density at radius 1 is 0.762 bits per heavy atom. The molecule has 0 radical (unpaired) electrons. The van der Waals surface area contributed by atoms with E-state index in [1.54, 1.807) is 55.5 Å². The minimum absolute atomic E-state index is 0.0971. The van der Waals surface area contributed by atoms with E-state index in [0.29, 0.717) is 29.2 Å². The number of halogens is 1. The third-order valence-corrected chi connectivity index (χ3v) is 8.66. The minimum Gasteiger partial charge on any atom is -0.507 e. The summed E-state index contributed by atoms with van der Waals surface area (Å²) in [7, 11) is 3.11. The van der Waals surface area contributed by atoms with Gasteiger partial charge in [0, 0.05) is 16.6 Å². The van der Waals surface area contributed by atoms with Gasteiger partial charge in [0.1, 0.15) is 5.76 Å². The number of nitrogens with zero attached hydrogens (tertiary/aromatic N) is 1. The molecule has 1 atom stereocenters. The first kappa shape index (κ1) is 33.7. The van der Waals surface area contributed by atoms with Crippen LogP contribution in [-0.4, -0.2) is 42.5 Å². The summed E-state index contributed by atoms with van der Waals surface area (Å²) in [6.45, 7) is 2.70. The molecule has 2 aromatic rings. The molecule has 42 heavy (non-hydrogen) atoms. The van der Waals surface area contributed by atoms with E-state index < -0.39 is 17.7 Å². The molecule has 1 saturated heterocycles. The zero-order chi connectivity index (χ0) is 30.3. The van der Waals surface area contributed by atoms with Crippen LogP contribution in [0.2, 0.25) is 0 Å². The number of Topliss-reactive ketones (excluding diaryl/α,β-unsaturated/α-hetero) is 1. The molecule has 0 saturated carbocycles. The topological polar surface area (TPSA) is 76.1 Å². The maximum Gasteiger partial charge on any atom is 0.295 e. The molecule has 3 rings (SSSR count). The average Bonchev–Trinajstić information content (AvgIpc) is 3.25. The lowest BCUT2D eigenvalue weighted by atomic mass is 9.95. The van der Waals surface area contributed by atoms with Crippen molar-refractivity contribution in [1.82, 2.24) is 4.90 Å². The van der Waals surface area contributed by atoms with Gasteiger partial charge >= 0.3 is 0 Å². The van der Waals surface area contributed by atoms with Crippen LogP contribution in [-0.2, 0) is 9.59 Å². The lowest BCUT2D eigenvalue weighted by Gasteiger charge is -2.26. The number of amides is 1. The smallest absolute Gasteiger partial charge is 0.295 e. The molecule has 1 aliphatic heterocycles. The summed E-state index contributed by atoms with van der Waals surface area (Å²) in [5.41, 5.74) is 1.27. The van der Waals surface area contributed by atoms with Crippen molar-refractivity contribution in [3.63, 3.8) is 0 Å². The highest BCUT2D eigenvalue weighted by molar-refractivity contribution is 9.10. The van der Waals surface area contributed by atoms with Crippen LogP contribution in [0.25, 0.3) is 5.76 Å². The predicted octanol–water partition coefficient (Wildman–Crippen LogP) is 9.37. The maximum atomic E-state index is 13.3. The van der Waals surface area contributed by atoms with Crippen LogP contribution in [0.15, 0.2) is 52.5 Å². The monoisotopic (exact) mass is 641 g/mol. The lowest BCUT2D eigenvalue weighted by Crippen LogP contribution is -2.30. The molecule has 0 aromatic heterocycles. The first-order valence-electron chi connectivity index (χ1n) is 15.7. The molecule has 230 valence electrons. The third-order valence-electron chi connectivity index (χ3n) is 8.13. The van der Waals surface area contributed by atoms with Crippen molar-refractivity contribution in [2.75, 3.05) is 20.8 Å². The third kappa shape index (κ3) is 9.35. The van der Waals surface area contributed by atoms with E-state index in [-0.39, 0.29) is 11.3 Å². The van der Waals surface area contributed by atoms with Crippen LogP contribution >= 0.6 is 15.9 Å². The number of carbonyl (C=O) groups is 2. The van der Waals surface area contributed by atoms with E-state index in [4.69, 9.17) is 9.47 Å². The van der Waals surface area contributed by atoms with Crippen LogP contribution in [0.5, 0.6) is 11.5 Å². The Kier molecular flexibility index (Phi) is 14.4. The van der Waals surface area contributed by atoms with Gasteiger partial charge in [-0.05, 0) is 36.2 Å². The number of aliphatic hydroxyl groups excluding tert-OH is 1. The Morgan fingerprint density at radius 3 is 1.81 bits per heavy atom. The number of aliphatic hydroxyl groups is 1. The van der Waals surface area contributed by atoms with Gasteiger partial charge in [0.25, 0.3) is 11.7 Å². The molecule has 7 heteroatoms. The fourth-order valence-electron chi connectivity index (χ4n) is 5.72. The van der Waals surface area contributed by atoms with E-state index in [9.17, 15) is 14.7 Å². The summed E-state index contributed by atoms with van der Waals surface area (Å²) in [5.74, 6) is -0.369. The molecule has 1 N–H and O–H groups in total. The number of hydrogen-bond acceptors (Lipinski definition) is 5. The number of unbranched alkanes of at least 4 members (excludes halogenated alkanes) is 13. The Hall–Kier alpha value is -2.80. The molecule has 1 heterocycles. The molecular formula is C35H48BrNO5. The zero-order valence-corrected chi connectivity index (χ0v) is 27.2. The molecule has 0 unspecified atom stereocenters. The number of rotatable bonds is 19. The standard InChI is InChI=1S/C35H48BrNO5/c1-4-5-6-7-8-9-10-11-12-13-14-15-16-17-24-37-32(27-20-23-29(41-2)30(25-27)42-3)31(34(39)35(37)40)33(38)26-18-21-28(36)22-19-26/h18-23,25,32,38H,4-17,24H2,1-3H3/t32-/m0/s1. The van der Waals surface area contributed by atoms with Gasteiger partial charge in [-0.1, -0.05) is 125 Å². The van der Waals surface area contributed by atoms with Crippen molar-refractivity contribution < 1.29 is 24.2 Å². The van der Waals surface area contributed by atoms with Gasteiger partial charge in [0.15, 0.2) is 11.5 Å². The average molecular weight is 643 g/mol. The highest BCUT2D eigenvalue weighted by Gasteiger charge is 2.46. The van der Waals surface area contributed by atoms with E-state index >= 15 is 0 Å². The highest BCUT2D eigenvalue weighted by atomic mass is 79.9. The summed E-state index contributed by atoms with van der Waals surface area (Å²) in [4.78, 5) is 28.2. The number of likely N-dealkylation sites (tertiary alicyclic amines) is 1. The summed E-state index contributed by atoms with van der Waals surface area (Å²) in [6, 6.07) is 11.7. The van der Waals surface area contributed by atoms with Crippen molar-refractivity contribution in [1.29, 1.82) is 0 Å². The molecule has 6 nitrogen and oxygen atoms in total. The molecule has 2 aromatic carbocycles. The second-order valence-electron chi connectivity index (χ2n) is 11.2. The van der Waals surface area contributed by atoms with E-state index in [0.717, 1.165) is 23.7 Å². The largest absolute Gasteiger partial charge is 0.507 e. The fourth-order valence-corrected chi connectivity index (χ4v) is 5.98. The SMILES string of the molecule is CCCCCCCCCCCCCCCCN1C(=O)C(=O)C(=C(O)c2ccc(Br)cc2)[C@@H]1c1ccc(OC)c(OC)c1. The molecule has 1 amide bonds. The van der Waals surface area contributed by atoms with Crippen LogP contribution < -0.4 is 9.47 Å². The number of benzene rings is 2. The van der Waals surface area contributed by atoms with Gasteiger partial charge in [0.2, 0.25) is 0 Å². The maximum absolute atomic E-state index is 13.3. The fraction of sp³-hybridized carbons (Fsp3) is 0.543. The van der Waals surface area contributed by atoms with Gasteiger partial charge in [0.05, 0.1) is 25.8 Å². The van der Waals surface area contributed by atoms with Crippen molar-refractivity contribution in [2.24, 2.45) is 0 Å². The first-order chi connectivity index (χ1) is 20.4. The van der Waals surface area contributed by atoms with Crippen molar-refractivity contribution in [2.45, 2.75) is 103 Å². The molecule has 1 fully saturated rings. The zero-order valence-electron chi connectivity index (χ0n) is 25.6. The lowest BCUT2D eigenvalue weighted by molar-refractivity contribution is -0.139. The van der Waals surface area contributed by atoms with Gasteiger partial charge < -0.3 is 19.5 Å². The predicted molar refractivity (Wildman–Crippen MR) is 173 cm³/mol. The van der Waals surface area contributed by atoms with E-state index in [2.05, 4.69) is 22.9 Å². The van der Waals surface area contributed by atoms with Crippen molar-refractivity contribution in [3.8, 4) is 11.5 Å². The Bertz CT molecular complexity index is 1180. The van der Waals surface area contributed by atoms with Gasteiger partial charge in [-0.25, -0.2) is 0 Å². The summed E-state index contributed by atoms with van der Waals surface area (Å²) >= 11 is 3.41. The molecule has 0 spiro atoms. The first-order valence-corrected chi connectivity index (χ1v) is 16.5. The van der Waals surface area contributed by atoms with Crippen LogP contribution in [0.3, 0.4) is 0 Å². The van der Waals surface area contributed by atoms with Crippen molar-refractivity contribution >= 4 is 33.4 Å². The molecule has 0 aliphatic carbocycles. The minimum atomic E-state index is -0.713. The van der Waals surface area contributed by atoms with Crippen LogP contribution in [0.4, 0.5) is 0 Å². The number of hydrogen-bond donors (Lipinski definition) is 1. The summed E-state index contributed by atoms with van der Waals surface area (Å²) in [6.07, 6.45) is 17.5. The van der Waals surface area contributed by atoms with Gasteiger partial charge in [-0.15, -0.1) is 0 Å². The van der Waals surface area contributed by atoms with E-state index in [1.807, 2.05) is 6.07 Å². The highest BCUT2D eigenvalue weighted by Crippen LogP contribution is 2.42. The Balaban J connectivity index is 1.62. The quantitative estimate of drug-likeness (QED) is 0.0715. The number of ether oxygens (including phenoxy) is 2. The summed E-state index contributed by atoms with van der Waals surface area (Å²) in [5, 5.41) is 11.3.